The number of aryl methyl sites for hydroxylation is 1. The second-order valence-electron chi connectivity index (χ2n) is 8.28. The molecule has 0 aliphatic heterocycles. The van der Waals surface area contributed by atoms with Gasteiger partial charge in [-0.25, -0.2) is 13.4 Å². The van der Waals surface area contributed by atoms with Crippen LogP contribution in [-0.2, 0) is 27.5 Å². The first-order valence-electron chi connectivity index (χ1n) is 11.3. The van der Waals surface area contributed by atoms with Crippen molar-refractivity contribution in [3.8, 4) is 5.69 Å². The zero-order valence-corrected chi connectivity index (χ0v) is 21.6. The SMILES string of the molecule is Cc1nccn1-c1ccc(CNC(=O)CN(c2cc(C(F)(F)F)ccc2Cl)S(=O)(=O)c2ccccc2)cc1. The van der Waals surface area contributed by atoms with E-state index in [0.717, 1.165) is 29.2 Å². The maximum Gasteiger partial charge on any atom is 0.416 e. The van der Waals surface area contributed by atoms with Gasteiger partial charge in [-0.1, -0.05) is 41.9 Å². The van der Waals surface area contributed by atoms with Crippen molar-refractivity contribution in [2.45, 2.75) is 24.5 Å². The summed E-state index contributed by atoms with van der Waals surface area (Å²) in [5.74, 6) is 0.0755. The standard InChI is InChI=1S/C26H22ClF3N4O3S/c1-18-31-13-14-33(18)21-10-7-19(8-11-21)16-32-25(35)17-34(38(36,37)22-5-3-2-4-6-22)24-15-20(26(28,29)30)9-12-23(24)27/h2-15H,16-17H2,1H3,(H,32,35). The molecule has 38 heavy (non-hydrogen) atoms. The lowest BCUT2D eigenvalue weighted by atomic mass is 10.2. The third-order valence-corrected chi connectivity index (χ3v) is 7.78. The van der Waals surface area contributed by atoms with Crippen LogP contribution < -0.4 is 9.62 Å². The molecule has 0 fully saturated rings. The molecule has 0 unspecified atom stereocenters. The fraction of sp³-hybridized carbons (Fsp3) is 0.154. The van der Waals surface area contributed by atoms with Crippen molar-refractivity contribution < 1.29 is 26.4 Å². The van der Waals surface area contributed by atoms with Crippen LogP contribution in [0.4, 0.5) is 18.9 Å². The molecule has 1 N–H and O–H groups in total. The van der Waals surface area contributed by atoms with E-state index in [2.05, 4.69) is 10.3 Å². The van der Waals surface area contributed by atoms with Crippen LogP contribution in [0.3, 0.4) is 0 Å². The molecule has 1 amide bonds. The average molecular weight is 563 g/mol. The minimum absolute atomic E-state index is 0.0670. The van der Waals surface area contributed by atoms with Crippen molar-refractivity contribution in [3.63, 3.8) is 0 Å². The van der Waals surface area contributed by atoms with Crippen LogP contribution >= 0.6 is 11.6 Å². The molecule has 7 nitrogen and oxygen atoms in total. The highest BCUT2D eigenvalue weighted by Gasteiger charge is 2.34. The normalized spacial score (nSPS) is 11.8. The predicted molar refractivity (Wildman–Crippen MR) is 138 cm³/mol. The van der Waals surface area contributed by atoms with E-state index < -0.39 is 39.9 Å². The molecule has 0 radical (unpaired) electrons. The van der Waals surface area contributed by atoms with Crippen molar-refractivity contribution in [2.24, 2.45) is 0 Å². The van der Waals surface area contributed by atoms with Gasteiger partial charge in [0, 0.05) is 24.6 Å². The van der Waals surface area contributed by atoms with Crippen LogP contribution in [-0.4, -0.2) is 30.4 Å². The summed E-state index contributed by atoms with van der Waals surface area (Å²) in [6.45, 7) is 1.14. The topological polar surface area (TPSA) is 84.3 Å². The van der Waals surface area contributed by atoms with Gasteiger partial charge in [-0.2, -0.15) is 13.2 Å². The van der Waals surface area contributed by atoms with Crippen LogP contribution in [0.1, 0.15) is 17.0 Å². The number of aromatic nitrogens is 2. The van der Waals surface area contributed by atoms with Gasteiger partial charge in [0.05, 0.1) is 21.2 Å². The number of hydrogen-bond acceptors (Lipinski definition) is 4. The van der Waals surface area contributed by atoms with E-state index in [-0.39, 0.29) is 16.5 Å². The molecule has 0 spiro atoms. The lowest BCUT2D eigenvalue weighted by Crippen LogP contribution is -2.41. The van der Waals surface area contributed by atoms with E-state index in [9.17, 15) is 26.4 Å². The highest BCUT2D eigenvalue weighted by atomic mass is 35.5. The van der Waals surface area contributed by atoms with Crippen molar-refractivity contribution in [1.82, 2.24) is 14.9 Å². The number of nitrogens with one attached hydrogen (secondary N) is 1. The highest BCUT2D eigenvalue weighted by Crippen LogP contribution is 2.37. The molecule has 4 aromatic rings. The molecular formula is C26H22ClF3N4O3S. The van der Waals surface area contributed by atoms with Gasteiger partial charge in [-0.05, 0) is 55.0 Å². The number of carbonyl (C=O) groups is 1. The number of benzene rings is 3. The molecule has 0 aliphatic carbocycles. The van der Waals surface area contributed by atoms with Crippen molar-refractivity contribution in [1.29, 1.82) is 0 Å². The second-order valence-corrected chi connectivity index (χ2v) is 10.5. The minimum Gasteiger partial charge on any atom is -0.350 e. The Morgan fingerprint density at radius 2 is 1.74 bits per heavy atom. The largest absolute Gasteiger partial charge is 0.416 e. The third kappa shape index (κ3) is 6.00. The van der Waals surface area contributed by atoms with Gasteiger partial charge in [0.15, 0.2) is 0 Å². The predicted octanol–water partition coefficient (Wildman–Crippen LogP) is 5.36. The molecule has 198 valence electrons. The Kier molecular flexibility index (Phi) is 7.79. The van der Waals surface area contributed by atoms with Crippen LogP contribution in [0.2, 0.25) is 5.02 Å². The van der Waals surface area contributed by atoms with E-state index in [1.807, 2.05) is 29.8 Å². The van der Waals surface area contributed by atoms with Crippen molar-refractivity contribution >= 4 is 33.2 Å². The van der Waals surface area contributed by atoms with E-state index in [1.165, 1.54) is 24.3 Å². The number of sulfonamides is 1. The summed E-state index contributed by atoms with van der Waals surface area (Å²) in [6.07, 6.45) is -1.26. The Bertz CT molecular complexity index is 1540. The maximum atomic E-state index is 13.4. The Labute approximate surface area is 222 Å². The first-order valence-corrected chi connectivity index (χ1v) is 13.1. The summed E-state index contributed by atoms with van der Waals surface area (Å²) in [5, 5.41) is 2.37. The molecule has 0 saturated heterocycles. The molecule has 0 atom stereocenters. The van der Waals surface area contributed by atoms with Crippen LogP contribution in [0, 0.1) is 6.92 Å². The Morgan fingerprint density at radius 1 is 1.05 bits per heavy atom. The van der Waals surface area contributed by atoms with Gasteiger partial charge in [0.2, 0.25) is 5.91 Å². The Morgan fingerprint density at radius 3 is 2.34 bits per heavy atom. The number of amides is 1. The first kappa shape index (κ1) is 27.2. The van der Waals surface area contributed by atoms with Crippen molar-refractivity contribution in [2.75, 3.05) is 10.8 Å². The summed E-state index contributed by atoms with van der Waals surface area (Å²) >= 11 is 6.15. The van der Waals surface area contributed by atoms with E-state index in [0.29, 0.717) is 10.4 Å². The number of imidazole rings is 1. The summed E-state index contributed by atoms with van der Waals surface area (Å²) in [4.78, 5) is 16.8. The zero-order valence-electron chi connectivity index (χ0n) is 20.0. The molecular weight excluding hydrogens is 541 g/mol. The van der Waals surface area contributed by atoms with Crippen LogP contribution in [0.5, 0.6) is 0 Å². The highest BCUT2D eigenvalue weighted by molar-refractivity contribution is 7.92. The minimum atomic E-state index is -4.74. The van der Waals surface area contributed by atoms with E-state index >= 15 is 0 Å². The summed E-state index contributed by atoms with van der Waals surface area (Å²) < 4.78 is 69.5. The number of nitrogens with zero attached hydrogens (tertiary/aromatic N) is 3. The number of rotatable bonds is 8. The molecule has 0 aliphatic rings. The zero-order chi connectivity index (χ0) is 27.5. The molecule has 3 aromatic carbocycles. The van der Waals surface area contributed by atoms with Gasteiger partial charge < -0.3 is 9.88 Å². The van der Waals surface area contributed by atoms with Crippen molar-refractivity contribution in [3.05, 3.63) is 107 Å². The Balaban J connectivity index is 1.58. The molecule has 12 heteroatoms. The average Bonchev–Trinajstić information content (AvgIpc) is 3.32. The second kappa shape index (κ2) is 10.9. The fourth-order valence-corrected chi connectivity index (χ4v) is 5.43. The van der Waals surface area contributed by atoms with E-state index in [1.54, 1.807) is 24.4 Å². The number of alkyl halides is 3. The Hall–Kier alpha value is -3.83. The summed E-state index contributed by atoms with van der Waals surface area (Å²) in [5.41, 5.74) is 0.0446. The number of halogens is 4. The number of carbonyl (C=O) groups excluding carboxylic acids is 1. The number of hydrogen-bond donors (Lipinski definition) is 1. The smallest absolute Gasteiger partial charge is 0.350 e. The summed E-state index contributed by atoms with van der Waals surface area (Å²) in [7, 11) is -4.44. The lowest BCUT2D eigenvalue weighted by Gasteiger charge is -2.26. The van der Waals surface area contributed by atoms with Crippen LogP contribution in [0.25, 0.3) is 5.69 Å². The first-order chi connectivity index (χ1) is 18.0. The molecule has 0 saturated carbocycles. The van der Waals surface area contributed by atoms with Gasteiger partial charge in [0.25, 0.3) is 10.0 Å². The van der Waals surface area contributed by atoms with Gasteiger partial charge in [-0.3, -0.25) is 9.10 Å². The lowest BCUT2D eigenvalue weighted by molar-refractivity contribution is -0.137. The maximum absolute atomic E-state index is 13.4. The molecule has 1 aromatic heterocycles. The third-order valence-electron chi connectivity index (χ3n) is 5.69. The summed E-state index contributed by atoms with van der Waals surface area (Å²) in [6, 6.07) is 16.7. The molecule has 0 bridgehead atoms. The van der Waals surface area contributed by atoms with Crippen LogP contribution in [0.15, 0.2) is 90.1 Å². The molecule has 1 heterocycles. The number of anilines is 1. The monoisotopic (exact) mass is 562 g/mol. The van der Waals surface area contributed by atoms with Gasteiger partial charge in [0.1, 0.15) is 12.4 Å². The van der Waals surface area contributed by atoms with Gasteiger partial charge in [-0.15, -0.1) is 0 Å². The van der Waals surface area contributed by atoms with E-state index in [4.69, 9.17) is 11.6 Å². The quantitative estimate of drug-likeness (QED) is 0.313. The molecule has 4 rings (SSSR count). The van der Waals surface area contributed by atoms with Gasteiger partial charge >= 0.3 is 6.18 Å². The fourth-order valence-electron chi connectivity index (χ4n) is 3.71.